The van der Waals surface area contributed by atoms with E-state index in [2.05, 4.69) is 15.3 Å². The van der Waals surface area contributed by atoms with Gasteiger partial charge in [-0.05, 0) is 47.0 Å². The van der Waals surface area contributed by atoms with Crippen molar-refractivity contribution in [1.82, 2.24) is 9.97 Å². The molecule has 0 fully saturated rings. The highest BCUT2D eigenvalue weighted by molar-refractivity contribution is 6.06. The smallest absolute Gasteiger partial charge is 0.308 e. The van der Waals surface area contributed by atoms with Gasteiger partial charge in [-0.2, -0.15) is 0 Å². The van der Waals surface area contributed by atoms with Crippen LogP contribution in [-0.2, 0) is 17.6 Å². The van der Waals surface area contributed by atoms with Crippen molar-refractivity contribution in [2.24, 2.45) is 0 Å². The molecule has 178 valence electrons. The lowest BCUT2D eigenvalue weighted by molar-refractivity contribution is -0.131. The molecule has 0 aliphatic carbocycles. The van der Waals surface area contributed by atoms with Gasteiger partial charge in [0.1, 0.15) is 5.82 Å². The zero-order valence-electron chi connectivity index (χ0n) is 20.3. The predicted molar refractivity (Wildman–Crippen MR) is 138 cm³/mol. The number of carbonyl (C=O) groups excluding carboxylic acids is 2. The Morgan fingerprint density at radius 3 is 2.31 bits per heavy atom. The number of nitrogens with one attached hydrogen (secondary N) is 1. The van der Waals surface area contributed by atoms with E-state index in [-0.39, 0.29) is 5.91 Å². The Morgan fingerprint density at radius 1 is 0.943 bits per heavy atom. The van der Waals surface area contributed by atoms with Crippen LogP contribution >= 0.6 is 0 Å². The third-order valence-electron chi connectivity index (χ3n) is 5.55. The van der Waals surface area contributed by atoms with Crippen LogP contribution < -0.4 is 15.0 Å². The zero-order chi connectivity index (χ0) is 24.9. The monoisotopic (exact) mass is 468 g/mol. The van der Waals surface area contributed by atoms with E-state index in [1.54, 1.807) is 0 Å². The van der Waals surface area contributed by atoms with Crippen molar-refractivity contribution >= 4 is 34.2 Å². The first-order valence-corrected chi connectivity index (χ1v) is 11.5. The molecule has 0 saturated heterocycles. The van der Waals surface area contributed by atoms with E-state index in [1.165, 1.54) is 6.92 Å². The van der Waals surface area contributed by atoms with E-state index >= 15 is 0 Å². The third-order valence-corrected chi connectivity index (χ3v) is 5.55. The predicted octanol–water partition coefficient (Wildman–Crippen LogP) is 5.03. The summed E-state index contributed by atoms with van der Waals surface area (Å²) in [5.74, 6) is 1.05. The Balaban J connectivity index is 1.50. The van der Waals surface area contributed by atoms with Crippen molar-refractivity contribution < 1.29 is 14.3 Å². The maximum Gasteiger partial charge on any atom is 0.308 e. The van der Waals surface area contributed by atoms with Crippen LogP contribution in [0.4, 0.5) is 11.5 Å². The molecule has 1 N–H and O–H groups in total. The Kier molecular flexibility index (Phi) is 7.06. The number of hydrogen-bond acceptors (Lipinski definition) is 6. The van der Waals surface area contributed by atoms with Gasteiger partial charge in [-0.15, -0.1) is 0 Å². The van der Waals surface area contributed by atoms with Crippen LogP contribution in [0, 0.1) is 0 Å². The lowest BCUT2D eigenvalue weighted by atomic mass is 10.1. The SMILES string of the molecule is CCc1nc(Cc2ccc(NC(=O)c3ccc4ccccc4c3)cc2)nc(N(C)C)c1OC(C)=O. The van der Waals surface area contributed by atoms with Crippen molar-refractivity contribution in [2.75, 3.05) is 24.3 Å². The molecule has 4 rings (SSSR count). The minimum Gasteiger partial charge on any atom is -0.421 e. The summed E-state index contributed by atoms with van der Waals surface area (Å²) in [6.45, 7) is 3.33. The number of esters is 1. The maximum atomic E-state index is 12.7. The zero-order valence-corrected chi connectivity index (χ0v) is 20.3. The van der Waals surface area contributed by atoms with Gasteiger partial charge in [-0.3, -0.25) is 9.59 Å². The van der Waals surface area contributed by atoms with Gasteiger partial charge < -0.3 is 15.0 Å². The van der Waals surface area contributed by atoms with Crippen molar-refractivity contribution in [3.63, 3.8) is 0 Å². The van der Waals surface area contributed by atoms with Crippen LogP contribution in [0.1, 0.15) is 41.3 Å². The Hall–Kier alpha value is -4.26. The summed E-state index contributed by atoms with van der Waals surface area (Å²) in [4.78, 5) is 35.4. The largest absolute Gasteiger partial charge is 0.421 e. The summed E-state index contributed by atoms with van der Waals surface area (Å²) < 4.78 is 5.40. The average Bonchev–Trinajstić information content (AvgIpc) is 2.85. The Morgan fingerprint density at radius 2 is 1.66 bits per heavy atom. The van der Waals surface area contributed by atoms with Gasteiger partial charge >= 0.3 is 5.97 Å². The number of nitrogens with zero attached hydrogens (tertiary/aromatic N) is 3. The number of fused-ring (bicyclic) bond motifs is 1. The molecule has 0 spiro atoms. The maximum absolute atomic E-state index is 12.7. The first kappa shape index (κ1) is 23.9. The second kappa shape index (κ2) is 10.3. The summed E-state index contributed by atoms with van der Waals surface area (Å²) in [6.07, 6.45) is 1.12. The van der Waals surface area contributed by atoms with E-state index in [0.717, 1.165) is 16.3 Å². The van der Waals surface area contributed by atoms with E-state index in [0.29, 0.717) is 47.2 Å². The first-order chi connectivity index (χ1) is 16.8. The molecule has 1 heterocycles. The van der Waals surface area contributed by atoms with Crippen LogP contribution in [0.15, 0.2) is 66.7 Å². The molecule has 0 bridgehead atoms. The van der Waals surface area contributed by atoms with Crippen LogP contribution in [0.2, 0.25) is 0 Å². The lowest BCUT2D eigenvalue weighted by Crippen LogP contribution is -2.18. The van der Waals surface area contributed by atoms with Gasteiger partial charge in [0.05, 0.1) is 5.69 Å². The summed E-state index contributed by atoms with van der Waals surface area (Å²) in [6, 6.07) is 21.3. The average molecular weight is 469 g/mol. The number of hydrogen-bond donors (Lipinski definition) is 1. The molecule has 3 aromatic carbocycles. The summed E-state index contributed by atoms with van der Waals surface area (Å²) in [5.41, 5.74) is 3.01. The number of rotatable bonds is 7. The molecule has 1 amide bonds. The second-order valence-corrected chi connectivity index (χ2v) is 8.47. The standard InChI is InChI=1S/C28H28N4O3/c1-5-24-26(35-18(2)33)27(32(3)4)31-25(30-24)16-19-10-14-23(15-11-19)29-28(34)22-13-12-20-8-6-7-9-21(20)17-22/h6-15,17H,5,16H2,1-4H3,(H,29,34). The van der Waals surface area contributed by atoms with Crippen LogP contribution in [0.3, 0.4) is 0 Å². The molecular formula is C28H28N4O3. The Bertz CT molecular complexity index is 1380. The van der Waals surface area contributed by atoms with Gasteiger partial charge in [0.15, 0.2) is 11.6 Å². The van der Waals surface area contributed by atoms with Crippen molar-refractivity contribution in [3.05, 3.63) is 89.4 Å². The summed E-state index contributed by atoms with van der Waals surface area (Å²) in [5, 5.41) is 5.08. The molecule has 35 heavy (non-hydrogen) atoms. The lowest BCUT2D eigenvalue weighted by Gasteiger charge is -2.19. The first-order valence-electron chi connectivity index (χ1n) is 11.5. The molecule has 0 radical (unpaired) electrons. The molecular weight excluding hydrogens is 440 g/mol. The molecule has 4 aromatic rings. The Labute approximate surface area is 204 Å². The normalized spacial score (nSPS) is 10.7. The van der Waals surface area contributed by atoms with E-state index in [1.807, 2.05) is 92.6 Å². The summed E-state index contributed by atoms with van der Waals surface area (Å²) in [7, 11) is 3.71. The molecule has 7 heteroatoms. The van der Waals surface area contributed by atoms with E-state index in [4.69, 9.17) is 4.74 Å². The highest BCUT2D eigenvalue weighted by atomic mass is 16.5. The van der Waals surface area contributed by atoms with Crippen LogP contribution in [0.25, 0.3) is 10.8 Å². The topological polar surface area (TPSA) is 84.4 Å². The molecule has 0 aliphatic rings. The fourth-order valence-corrected chi connectivity index (χ4v) is 3.83. The molecule has 0 aliphatic heterocycles. The quantitative estimate of drug-likeness (QED) is 0.383. The van der Waals surface area contributed by atoms with Gasteiger partial charge in [-0.1, -0.05) is 49.4 Å². The summed E-state index contributed by atoms with van der Waals surface area (Å²) >= 11 is 0. The number of carbonyl (C=O) groups is 2. The van der Waals surface area contributed by atoms with Crippen LogP contribution in [0.5, 0.6) is 5.75 Å². The highest BCUT2D eigenvalue weighted by Crippen LogP contribution is 2.29. The molecule has 7 nitrogen and oxygen atoms in total. The van der Waals surface area contributed by atoms with E-state index in [9.17, 15) is 9.59 Å². The van der Waals surface area contributed by atoms with Crippen molar-refractivity contribution in [1.29, 1.82) is 0 Å². The minimum absolute atomic E-state index is 0.156. The van der Waals surface area contributed by atoms with Gasteiger partial charge in [-0.25, -0.2) is 9.97 Å². The van der Waals surface area contributed by atoms with Gasteiger partial charge in [0.25, 0.3) is 5.91 Å². The molecule has 1 aromatic heterocycles. The third kappa shape index (κ3) is 5.63. The van der Waals surface area contributed by atoms with Gasteiger partial charge in [0.2, 0.25) is 0 Å². The van der Waals surface area contributed by atoms with Crippen LogP contribution in [-0.4, -0.2) is 35.9 Å². The fraction of sp³-hybridized carbons (Fsp3) is 0.214. The van der Waals surface area contributed by atoms with E-state index < -0.39 is 5.97 Å². The number of ether oxygens (including phenoxy) is 1. The van der Waals surface area contributed by atoms with Crippen molar-refractivity contribution in [3.8, 4) is 5.75 Å². The highest BCUT2D eigenvalue weighted by Gasteiger charge is 2.18. The van der Waals surface area contributed by atoms with Crippen molar-refractivity contribution in [2.45, 2.75) is 26.7 Å². The minimum atomic E-state index is -0.402. The molecule has 0 atom stereocenters. The number of benzene rings is 3. The molecule has 0 saturated carbocycles. The number of aromatic nitrogens is 2. The number of amides is 1. The number of aryl methyl sites for hydroxylation is 1. The second-order valence-electron chi connectivity index (χ2n) is 8.47. The number of anilines is 2. The van der Waals surface area contributed by atoms with Gasteiger partial charge in [0, 0.05) is 38.7 Å². The molecule has 0 unspecified atom stereocenters. The fourth-order valence-electron chi connectivity index (χ4n) is 3.83.